The van der Waals surface area contributed by atoms with Crippen LogP contribution in [0.25, 0.3) is 0 Å². The van der Waals surface area contributed by atoms with Crippen LogP contribution in [0.15, 0.2) is 18.5 Å². The molecule has 0 bridgehead atoms. The lowest BCUT2D eigenvalue weighted by atomic mass is 9.97. The van der Waals surface area contributed by atoms with Gasteiger partial charge in [0.2, 0.25) is 0 Å². The molecule has 1 aliphatic heterocycles. The van der Waals surface area contributed by atoms with Gasteiger partial charge in [-0.15, -0.1) is 10.2 Å². The van der Waals surface area contributed by atoms with E-state index in [1.54, 1.807) is 6.07 Å². The molecule has 3 rings (SSSR count). The molecule has 0 amide bonds. The molecular formula is C18H23FN8. The molecular weight excluding hydrogens is 347 g/mol. The van der Waals surface area contributed by atoms with Crippen LogP contribution in [0, 0.1) is 17.2 Å². The largest absolute Gasteiger partial charge is 0.383 e. The van der Waals surface area contributed by atoms with E-state index in [0.29, 0.717) is 28.9 Å². The van der Waals surface area contributed by atoms with Crippen molar-refractivity contribution in [3.8, 4) is 6.07 Å². The summed E-state index contributed by atoms with van der Waals surface area (Å²) in [5.41, 5.74) is 1.15. The van der Waals surface area contributed by atoms with Gasteiger partial charge in [-0.05, 0) is 45.8 Å². The minimum absolute atomic E-state index is 0.230. The molecule has 1 aliphatic rings. The van der Waals surface area contributed by atoms with Crippen LogP contribution in [0.4, 0.5) is 21.7 Å². The van der Waals surface area contributed by atoms with Crippen LogP contribution in [-0.4, -0.2) is 51.7 Å². The van der Waals surface area contributed by atoms with E-state index in [1.165, 1.54) is 19.3 Å². The number of hydrogen-bond acceptors (Lipinski definition) is 8. The molecule has 2 aromatic rings. The van der Waals surface area contributed by atoms with Crippen molar-refractivity contribution in [2.75, 3.05) is 37.3 Å². The topological polar surface area (TPSA) is 103 Å². The lowest BCUT2D eigenvalue weighted by molar-refractivity contribution is 0.226. The molecule has 142 valence electrons. The second-order valence-electron chi connectivity index (χ2n) is 6.80. The van der Waals surface area contributed by atoms with Crippen LogP contribution >= 0.6 is 0 Å². The number of nitriles is 1. The van der Waals surface area contributed by atoms with Gasteiger partial charge in [-0.3, -0.25) is 0 Å². The third-order valence-electron chi connectivity index (χ3n) is 4.64. The fourth-order valence-electron chi connectivity index (χ4n) is 3.00. The van der Waals surface area contributed by atoms with Gasteiger partial charge in [-0.2, -0.15) is 5.26 Å². The lowest BCUT2D eigenvalue weighted by Gasteiger charge is -2.29. The maximum Gasteiger partial charge on any atom is 0.158 e. The maximum absolute atomic E-state index is 13.9. The van der Waals surface area contributed by atoms with Crippen LogP contribution < -0.4 is 10.6 Å². The average Bonchev–Trinajstić information content (AvgIpc) is 2.68. The monoisotopic (exact) mass is 370 g/mol. The summed E-state index contributed by atoms with van der Waals surface area (Å²) in [6.07, 6.45) is 3.83. The highest BCUT2D eigenvalue weighted by molar-refractivity contribution is 5.59. The Bertz CT molecular complexity index is 794. The second-order valence-corrected chi connectivity index (χ2v) is 6.80. The van der Waals surface area contributed by atoms with Gasteiger partial charge in [0.25, 0.3) is 0 Å². The summed E-state index contributed by atoms with van der Waals surface area (Å²) in [7, 11) is 2.13. The van der Waals surface area contributed by atoms with Gasteiger partial charge >= 0.3 is 0 Å². The number of piperidine rings is 1. The fourth-order valence-corrected chi connectivity index (χ4v) is 3.00. The summed E-state index contributed by atoms with van der Waals surface area (Å²) in [6, 6.07) is 3.64. The molecule has 1 atom stereocenters. The molecule has 8 nitrogen and oxygen atoms in total. The zero-order valence-electron chi connectivity index (χ0n) is 15.5. The Morgan fingerprint density at radius 1 is 1.26 bits per heavy atom. The van der Waals surface area contributed by atoms with Crippen LogP contribution in [-0.2, 0) is 0 Å². The van der Waals surface area contributed by atoms with E-state index in [-0.39, 0.29) is 5.69 Å². The summed E-state index contributed by atoms with van der Waals surface area (Å²) < 4.78 is 13.9. The van der Waals surface area contributed by atoms with Crippen molar-refractivity contribution >= 4 is 17.3 Å². The number of alkyl halides is 1. The molecule has 3 heterocycles. The van der Waals surface area contributed by atoms with Crippen LogP contribution in [0.5, 0.6) is 0 Å². The van der Waals surface area contributed by atoms with E-state index >= 15 is 0 Å². The molecule has 9 heteroatoms. The van der Waals surface area contributed by atoms with Gasteiger partial charge in [0.1, 0.15) is 23.8 Å². The van der Waals surface area contributed by atoms with E-state index in [1.807, 2.05) is 6.07 Å². The number of hydrogen-bond donors (Lipinski definition) is 2. The summed E-state index contributed by atoms with van der Waals surface area (Å²) >= 11 is 0. The summed E-state index contributed by atoms with van der Waals surface area (Å²) in [4.78, 5) is 10.4. The highest BCUT2D eigenvalue weighted by Gasteiger charge is 2.19. The number of likely N-dealkylation sites (tertiary alicyclic amines) is 1. The minimum atomic E-state index is -1.22. The van der Waals surface area contributed by atoms with Crippen molar-refractivity contribution in [1.29, 1.82) is 5.26 Å². The Morgan fingerprint density at radius 3 is 2.67 bits per heavy atom. The zero-order chi connectivity index (χ0) is 19.2. The van der Waals surface area contributed by atoms with Gasteiger partial charge in [0.05, 0.1) is 18.1 Å². The third-order valence-corrected chi connectivity index (χ3v) is 4.64. The molecule has 1 saturated heterocycles. The van der Waals surface area contributed by atoms with Crippen molar-refractivity contribution in [1.82, 2.24) is 25.1 Å². The van der Waals surface area contributed by atoms with Gasteiger partial charge in [0.15, 0.2) is 11.5 Å². The Morgan fingerprint density at radius 2 is 2.04 bits per heavy atom. The first-order chi connectivity index (χ1) is 13.0. The standard InChI is InChI=1S/C18H23FN8/c1-12(19)18-15(22-9-13-3-5-27(2)6-4-13)7-16(25-26-18)24-17-11-21-14(8-20)10-23-17/h7,10-13H,3-6,9H2,1-2H3,(H2,22,23,24,25). The Hall–Kier alpha value is -2.86. The van der Waals surface area contributed by atoms with E-state index in [0.717, 1.165) is 32.5 Å². The SMILES string of the molecule is CC(F)c1nnc(Nc2cnc(C#N)cn2)cc1NCC1CCN(C)CC1. The van der Waals surface area contributed by atoms with Crippen LogP contribution in [0.1, 0.15) is 37.3 Å². The number of rotatable bonds is 6. The number of anilines is 3. The van der Waals surface area contributed by atoms with E-state index in [4.69, 9.17) is 5.26 Å². The predicted molar refractivity (Wildman–Crippen MR) is 100 cm³/mol. The second kappa shape index (κ2) is 8.68. The smallest absolute Gasteiger partial charge is 0.158 e. The molecule has 27 heavy (non-hydrogen) atoms. The molecule has 0 spiro atoms. The molecule has 2 N–H and O–H groups in total. The number of halogens is 1. The molecule has 0 aliphatic carbocycles. The van der Waals surface area contributed by atoms with Crippen molar-refractivity contribution in [2.45, 2.75) is 25.9 Å². The Kier molecular flexibility index (Phi) is 6.08. The van der Waals surface area contributed by atoms with Gasteiger partial charge in [-0.25, -0.2) is 14.4 Å². The normalized spacial score (nSPS) is 16.5. The average molecular weight is 370 g/mol. The summed E-state index contributed by atoms with van der Waals surface area (Å²) in [6.45, 7) is 4.38. The minimum Gasteiger partial charge on any atom is -0.383 e. The van der Waals surface area contributed by atoms with Crippen LogP contribution in [0.2, 0.25) is 0 Å². The quantitative estimate of drug-likeness (QED) is 0.800. The first kappa shape index (κ1) is 18.9. The highest BCUT2D eigenvalue weighted by atomic mass is 19.1. The molecule has 0 saturated carbocycles. The van der Waals surface area contributed by atoms with Gasteiger partial charge < -0.3 is 15.5 Å². The van der Waals surface area contributed by atoms with Crippen molar-refractivity contribution in [3.63, 3.8) is 0 Å². The molecule has 0 aromatic carbocycles. The molecule has 0 radical (unpaired) electrons. The predicted octanol–water partition coefficient (Wildman–Crippen LogP) is 2.67. The van der Waals surface area contributed by atoms with E-state index in [9.17, 15) is 4.39 Å². The first-order valence-corrected chi connectivity index (χ1v) is 8.98. The molecule has 2 aromatic heterocycles. The fraction of sp³-hybridized carbons (Fsp3) is 0.500. The van der Waals surface area contributed by atoms with Crippen LogP contribution in [0.3, 0.4) is 0 Å². The van der Waals surface area contributed by atoms with Crippen molar-refractivity contribution in [2.24, 2.45) is 5.92 Å². The third kappa shape index (κ3) is 5.08. The first-order valence-electron chi connectivity index (χ1n) is 8.98. The number of nitrogens with zero attached hydrogens (tertiary/aromatic N) is 6. The number of nitrogens with one attached hydrogen (secondary N) is 2. The highest BCUT2D eigenvalue weighted by Crippen LogP contribution is 2.27. The van der Waals surface area contributed by atoms with Gasteiger partial charge in [0, 0.05) is 12.6 Å². The lowest BCUT2D eigenvalue weighted by Crippen LogP contribution is -2.33. The maximum atomic E-state index is 13.9. The molecule has 1 fully saturated rings. The number of aromatic nitrogens is 4. The Labute approximate surface area is 157 Å². The van der Waals surface area contributed by atoms with Gasteiger partial charge in [-0.1, -0.05) is 0 Å². The summed E-state index contributed by atoms with van der Waals surface area (Å²) in [5, 5.41) is 23.1. The van der Waals surface area contributed by atoms with Crippen molar-refractivity contribution < 1.29 is 4.39 Å². The van der Waals surface area contributed by atoms with E-state index < -0.39 is 6.17 Å². The van der Waals surface area contributed by atoms with E-state index in [2.05, 4.69) is 42.7 Å². The van der Waals surface area contributed by atoms with Crippen molar-refractivity contribution in [3.05, 3.63) is 29.8 Å². The zero-order valence-corrected chi connectivity index (χ0v) is 15.5. The molecule has 1 unspecified atom stereocenters. The Balaban J connectivity index is 1.70. The summed E-state index contributed by atoms with van der Waals surface area (Å²) in [5.74, 6) is 1.42.